The first kappa shape index (κ1) is 17.8. The number of anilines is 2. The van der Waals surface area contributed by atoms with Crippen LogP contribution in [-0.4, -0.2) is 21.0 Å². The first-order valence-electron chi connectivity index (χ1n) is 7.33. The lowest BCUT2D eigenvalue weighted by molar-refractivity contribution is -0.137. The molecule has 2 aromatic rings. The molecule has 0 saturated heterocycles. The molecular weight excluding hydrogens is 385 g/mol. The summed E-state index contributed by atoms with van der Waals surface area (Å²) in [6.07, 6.45) is 1.25. The number of sulfone groups is 1. The van der Waals surface area contributed by atoms with Gasteiger partial charge in [0.2, 0.25) is 9.84 Å². The Labute approximate surface area is 155 Å². The van der Waals surface area contributed by atoms with E-state index in [2.05, 4.69) is 0 Å². The molecule has 130 valence electrons. The minimum absolute atomic E-state index is 0.0163. The van der Waals surface area contributed by atoms with Gasteiger partial charge in [0.1, 0.15) is 0 Å². The van der Waals surface area contributed by atoms with E-state index in [0.29, 0.717) is 21.4 Å². The van der Waals surface area contributed by atoms with Crippen LogP contribution in [0.4, 0.5) is 11.4 Å². The third-order valence-electron chi connectivity index (χ3n) is 3.59. The van der Waals surface area contributed by atoms with Crippen molar-refractivity contribution >= 4 is 50.4 Å². The van der Waals surface area contributed by atoms with Gasteiger partial charge in [-0.15, -0.1) is 0 Å². The lowest BCUT2D eigenvalue weighted by atomic mass is 10.2. The van der Waals surface area contributed by atoms with Crippen molar-refractivity contribution in [3.05, 3.63) is 63.6 Å². The van der Waals surface area contributed by atoms with Crippen molar-refractivity contribution in [2.75, 3.05) is 11.5 Å². The van der Waals surface area contributed by atoms with Gasteiger partial charge in [-0.2, -0.15) is 0 Å². The van der Waals surface area contributed by atoms with E-state index in [9.17, 15) is 13.2 Å². The molecular formula is C17H13Cl2NO4S. The topological polar surface area (TPSA) is 63.7 Å². The molecule has 0 bridgehead atoms. The van der Waals surface area contributed by atoms with E-state index in [1.165, 1.54) is 24.4 Å². The molecule has 0 atom stereocenters. The van der Waals surface area contributed by atoms with Crippen LogP contribution in [0.25, 0.3) is 0 Å². The Morgan fingerprint density at radius 1 is 1.08 bits per heavy atom. The summed E-state index contributed by atoms with van der Waals surface area (Å²) in [5.74, 6) is -0.901. The summed E-state index contributed by atoms with van der Waals surface area (Å²) in [7, 11) is -4.01. The van der Waals surface area contributed by atoms with Gasteiger partial charge in [-0.1, -0.05) is 23.2 Å². The Kier molecular flexibility index (Phi) is 4.77. The average Bonchev–Trinajstić information content (AvgIpc) is 2.56. The van der Waals surface area contributed by atoms with Crippen LogP contribution < -0.4 is 4.90 Å². The number of hydrogen-bond donors (Lipinski definition) is 0. The molecule has 25 heavy (non-hydrogen) atoms. The zero-order chi connectivity index (χ0) is 18.2. The fourth-order valence-corrected chi connectivity index (χ4v) is 4.19. The first-order valence-corrected chi connectivity index (χ1v) is 9.57. The van der Waals surface area contributed by atoms with E-state index < -0.39 is 20.7 Å². The molecule has 5 nitrogen and oxygen atoms in total. The summed E-state index contributed by atoms with van der Waals surface area (Å²) in [6.45, 7) is 1.68. The van der Waals surface area contributed by atoms with Gasteiger partial charge in [-0.05, 0) is 49.4 Å². The quantitative estimate of drug-likeness (QED) is 0.721. The van der Waals surface area contributed by atoms with Crippen LogP contribution in [0, 0.1) is 0 Å². The number of esters is 1. The predicted octanol–water partition coefficient (Wildman–Crippen LogP) is 4.32. The molecule has 0 aliphatic carbocycles. The van der Waals surface area contributed by atoms with Gasteiger partial charge in [0.15, 0.2) is 4.91 Å². The maximum atomic E-state index is 12.8. The van der Waals surface area contributed by atoms with E-state index in [1.54, 1.807) is 36.1 Å². The van der Waals surface area contributed by atoms with Crippen molar-refractivity contribution in [2.24, 2.45) is 0 Å². The molecule has 0 saturated carbocycles. The number of benzene rings is 2. The highest BCUT2D eigenvalue weighted by atomic mass is 35.5. The van der Waals surface area contributed by atoms with E-state index in [4.69, 9.17) is 27.9 Å². The molecule has 1 aliphatic heterocycles. The largest absolute Gasteiger partial charge is 0.462 e. The zero-order valence-corrected chi connectivity index (χ0v) is 15.4. The second-order valence-corrected chi connectivity index (χ2v) is 7.94. The number of rotatable bonds is 3. The maximum Gasteiger partial charge on any atom is 0.351 e. The molecule has 0 N–H and O–H groups in total. The smallest absolute Gasteiger partial charge is 0.351 e. The number of ether oxygens (including phenoxy) is 1. The highest BCUT2D eigenvalue weighted by molar-refractivity contribution is 7.96. The summed E-state index contributed by atoms with van der Waals surface area (Å²) < 4.78 is 30.5. The molecule has 3 rings (SSSR count). The molecule has 0 spiro atoms. The molecule has 2 aromatic carbocycles. The summed E-state index contributed by atoms with van der Waals surface area (Å²) >= 11 is 12.0. The maximum absolute atomic E-state index is 12.8. The molecule has 0 radical (unpaired) electrons. The van der Waals surface area contributed by atoms with Crippen molar-refractivity contribution < 1.29 is 17.9 Å². The van der Waals surface area contributed by atoms with Crippen molar-refractivity contribution in [1.82, 2.24) is 0 Å². The number of carbonyl (C=O) groups excluding carboxylic acids is 1. The standard InChI is InChI=1S/C17H13Cl2NO4S/c1-2-24-17(21)16-10-20(13-6-3-11(18)4-7-13)14-9-12(19)5-8-15(14)25(16,22)23/h3-10H,2H2,1H3. The zero-order valence-electron chi connectivity index (χ0n) is 13.1. The Balaban J connectivity index is 2.24. The van der Waals surface area contributed by atoms with Crippen LogP contribution in [0.5, 0.6) is 0 Å². The van der Waals surface area contributed by atoms with Crippen molar-refractivity contribution in [3.8, 4) is 0 Å². The van der Waals surface area contributed by atoms with E-state index >= 15 is 0 Å². The van der Waals surface area contributed by atoms with Crippen molar-refractivity contribution in [1.29, 1.82) is 0 Å². The minimum atomic E-state index is -4.01. The van der Waals surface area contributed by atoms with Crippen LogP contribution >= 0.6 is 23.2 Å². The summed E-state index contributed by atoms with van der Waals surface area (Å²) in [5.41, 5.74) is 0.979. The summed E-state index contributed by atoms with van der Waals surface area (Å²) in [6, 6.07) is 11.1. The first-order chi connectivity index (χ1) is 11.8. The third-order valence-corrected chi connectivity index (χ3v) is 5.85. The number of fused-ring (bicyclic) bond motifs is 1. The van der Waals surface area contributed by atoms with Gasteiger partial charge >= 0.3 is 5.97 Å². The Morgan fingerprint density at radius 2 is 1.72 bits per heavy atom. The Bertz CT molecular complexity index is 969. The van der Waals surface area contributed by atoms with Crippen LogP contribution in [0.3, 0.4) is 0 Å². The molecule has 0 fully saturated rings. The number of carbonyl (C=O) groups is 1. The van der Waals surface area contributed by atoms with Crippen LogP contribution in [0.1, 0.15) is 6.92 Å². The van der Waals surface area contributed by atoms with Gasteiger partial charge in [0.05, 0.1) is 17.2 Å². The Hall–Kier alpha value is -2.02. The summed E-state index contributed by atoms with van der Waals surface area (Å²) in [5, 5.41) is 0.912. The SMILES string of the molecule is CCOC(=O)C1=CN(c2ccc(Cl)cc2)c2cc(Cl)ccc2S1(=O)=O. The third kappa shape index (κ3) is 3.25. The van der Waals surface area contributed by atoms with Gasteiger partial charge in [0.25, 0.3) is 0 Å². The minimum Gasteiger partial charge on any atom is -0.462 e. The van der Waals surface area contributed by atoms with Gasteiger partial charge in [-0.25, -0.2) is 13.2 Å². The molecule has 1 heterocycles. The van der Waals surface area contributed by atoms with Gasteiger partial charge < -0.3 is 9.64 Å². The predicted molar refractivity (Wildman–Crippen MR) is 96.9 cm³/mol. The lowest BCUT2D eigenvalue weighted by Crippen LogP contribution is -2.26. The van der Waals surface area contributed by atoms with E-state index in [0.717, 1.165) is 0 Å². The number of hydrogen-bond acceptors (Lipinski definition) is 5. The fraction of sp³-hybridized carbons (Fsp3) is 0.118. The second-order valence-electron chi connectivity index (χ2n) is 5.18. The summed E-state index contributed by atoms with van der Waals surface area (Å²) in [4.78, 5) is 13.3. The lowest BCUT2D eigenvalue weighted by Gasteiger charge is -2.28. The Morgan fingerprint density at radius 3 is 2.36 bits per heavy atom. The van der Waals surface area contributed by atoms with Crippen molar-refractivity contribution in [2.45, 2.75) is 11.8 Å². The molecule has 8 heteroatoms. The number of halogens is 2. The average molecular weight is 398 g/mol. The van der Waals surface area contributed by atoms with Crippen molar-refractivity contribution in [3.63, 3.8) is 0 Å². The fourth-order valence-electron chi connectivity index (χ4n) is 2.46. The molecule has 1 aliphatic rings. The van der Waals surface area contributed by atoms with Crippen LogP contribution in [0.2, 0.25) is 10.0 Å². The van der Waals surface area contributed by atoms with E-state index in [1.807, 2.05) is 0 Å². The number of nitrogens with zero attached hydrogens (tertiary/aromatic N) is 1. The van der Waals surface area contributed by atoms with E-state index in [-0.39, 0.29) is 11.5 Å². The van der Waals surface area contributed by atoms with Crippen LogP contribution in [0.15, 0.2) is 58.5 Å². The van der Waals surface area contributed by atoms with Crippen LogP contribution in [-0.2, 0) is 19.4 Å². The van der Waals surface area contributed by atoms with Gasteiger partial charge in [0, 0.05) is 21.9 Å². The highest BCUT2D eigenvalue weighted by Crippen LogP contribution is 2.41. The highest BCUT2D eigenvalue weighted by Gasteiger charge is 2.36. The molecule has 0 unspecified atom stereocenters. The molecule has 0 amide bonds. The van der Waals surface area contributed by atoms with Gasteiger partial charge in [-0.3, -0.25) is 0 Å². The second kappa shape index (κ2) is 6.71. The normalized spacial score (nSPS) is 15.3. The monoisotopic (exact) mass is 397 g/mol. The molecule has 0 aromatic heterocycles.